The molecule has 0 radical (unpaired) electrons. The molecule has 0 aromatic heterocycles. The van der Waals surface area contributed by atoms with E-state index in [1.807, 2.05) is 6.92 Å². The van der Waals surface area contributed by atoms with Gasteiger partial charge in [-0.25, -0.2) is 0 Å². The molecule has 0 saturated carbocycles. The zero-order valence-corrected chi connectivity index (χ0v) is 10.2. The molecule has 1 atom stereocenters. The molecule has 14 heavy (non-hydrogen) atoms. The van der Waals surface area contributed by atoms with Gasteiger partial charge in [-0.15, -0.1) is 0 Å². The van der Waals surface area contributed by atoms with E-state index in [0.717, 1.165) is 32.6 Å². The largest absolute Gasteiger partial charge is 0.393 e. The van der Waals surface area contributed by atoms with E-state index < -0.39 is 0 Å². The Bertz CT molecular complexity index is 114. The minimum Gasteiger partial charge on any atom is -0.393 e. The maximum absolute atomic E-state index is 9.21. The van der Waals surface area contributed by atoms with Crippen LogP contribution in [-0.4, -0.2) is 61.3 Å². The molecule has 0 heterocycles. The molecule has 0 saturated heterocycles. The standard InChI is InChI=1S/C11H26N2O/c1-5-7-13(8-6-11(2)14)10-9-12(3)4/h11,14H,5-10H2,1-4H3. The fourth-order valence-electron chi connectivity index (χ4n) is 1.36. The van der Waals surface area contributed by atoms with Gasteiger partial charge in [0.15, 0.2) is 0 Å². The first kappa shape index (κ1) is 13.9. The summed E-state index contributed by atoms with van der Waals surface area (Å²) in [5.74, 6) is 0. The molecule has 0 bridgehead atoms. The maximum Gasteiger partial charge on any atom is 0.0524 e. The molecule has 3 nitrogen and oxygen atoms in total. The molecule has 0 amide bonds. The number of rotatable bonds is 8. The number of likely N-dealkylation sites (N-methyl/N-ethyl adjacent to an activating group) is 1. The lowest BCUT2D eigenvalue weighted by Gasteiger charge is -2.24. The number of aliphatic hydroxyl groups is 1. The van der Waals surface area contributed by atoms with Gasteiger partial charge in [-0.1, -0.05) is 6.92 Å². The van der Waals surface area contributed by atoms with E-state index >= 15 is 0 Å². The first-order valence-corrected chi connectivity index (χ1v) is 5.61. The third-order valence-corrected chi connectivity index (χ3v) is 2.27. The molecule has 0 rings (SSSR count). The van der Waals surface area contributed by atoms with E-state index in [2.05, 4.69) is 30.8 Å². The summed E-state index contributed by atoms with van der Waals surface area (Å²) in [5, 5.41) is 9.21. The van der Waals surface area contributed by atoms with Crippen LogP contribution in [0.1, 0.15) is 26.7 Å². The third kappa shape index (κ3) is 8.48. The lowest BCUT2D eigenvalue weighted by atomic mass is 10.2. The molecule has 0 aliphatic heterocycles. The summed E-state index contributed by atoms with van der Waals surface area (Å²) in [6, 6.07) is 0. The Morgan fingerprint density at radius 2 is 1.71 bits per heavy atom. The molecule has 0 fully saturated rings. The molecule has 0 aliphatic carbocycles. The van der Waals surface area contributed by atoms with Crippen molar-refractivity contribution < 1.29 is 5.11 Å². The monoisotopic (exact) mass is 202 g/mol. The van der Waals surface area contributed by atoms with Crippen molar-refractivity contribution in [3.8, 4) is 0 Å². The van der Waals surface area contributed by atoms with Crippen LogP contribution in [0.25, 0.3) is 0 Å². The Kier molecular flexibility index (Phi) is 8.14. The first-order valence-electron chi connectivity index (χ1n) is 5.61. The minimum atomic E-state index is -0.172. The van der Waals surface area contributed by atoms with Gasteiger partial charge in [0.05, 0.1) is 6.10 Å². The highest BCUT2D eigenvalue weighted by Crippen LogP contribution is 1.97. The topological polar surface area (TPSA) is 26.7 Å². The molecule has 1 N–H and O–H groups in total. The van der Waals surface area contributed by atoms with Crippen molar-refractivity contribution in [3.05, 3.63) is 0 Å². The van der Waals surface area contributed by atoms with Crippen molar-refractivity contribution in [3.63, 3.8) is 0 Å². The van der Waals surface area contributed by atoms with Crippen molar-refractivity contribution in [2.24, 2.45) is 0 Å². The molecule has 1 unspecified atom stereocenters. The summed E-state index contributed by atoms with van der Waals surface area (Å²) in [7, 11) is 4.19. The smallest absolute Gasteiger partial charge is 0.0524 e. The van der Waals surface area contributed by atoms with Crippen LogP contribution in [0.4, 0.5) is 0 Å². The van der Waals surface area contributed by atoms with Gasteiger partial charge in [0, 0.05) is 19.6 Å². The lowest BCUT2D eigenvalue weighted by molar-refractivity contribution is 0.151. The highest BCUT2D eigenvalue weighted by atomic mass is 16.3. The second-order valence-electron chi connectivity index (χ2n) is 4.28. The van der Waals surface area contributed by atoms with E-state index in [9.17, 15) is 5.11 Å². The van der Waals surface area contributed by atoms with Crippen LogP contribution in [0.3, 0.4) is 0 Å². The molecule has 0 aromatic carbocycles. The second-order valence-corrected chi connectivity index (χ2v) is 4.28. The van der Waals surface area contributed by atoms with Crippen molar-refractivity contribution >= 4 is 0 Å². The highest BCUT2D eigenvalue weighted by molar-refractivity contribution is 4.61. The number of aliphatic hydroxyl groups excluding tert-OH is 1. The summed E-state index contributed by atoms with van der Waals surface area (Å²) in [4.78, 5) is 4.62. The van der Waals surface area contributed by atoms with Crippen LogP contribution in [-0.2, 0) is 0 Å². The van der Waals surface area contributed by atoms with Crippen molar-refractivity contribution in [1.29, 1.82) is 0 Å². The Morgan fingerprint density at radius 3 is 2.14 bits per heavy atom. The van der Waals surface area contributed by atoms with E-state index in [1.165, 1.54) is 6.42 Å². The van der Waals surface area contributed by atoms with E-state index in [4.69, 9.17) is 0 Å². The fourth-order valence-corrected chi connectivity index (χ4v) is 1.36. The van der Waals surface area contributed by atoms with Gasteiger partial charge in [-0.2, -0.15) is 0 Å². The quantitative estimate of drug-likeness (QED) is 0.637. The van der Waals surface area contributed by atoms with Crippen LogP contribution in [0.2, 0.25) is 0 Å². The van der Waals surface area contributed by atoms with Gasteiger partial charge in [-0.3, -0.25) is 0 Å². The van der Waals surface area contributed by atoms with E-state index in [-0.39, 0.29) is 6.10 Å². The van der Waals surface area contributed by atoms with Gasteiger partial charge in [0.1, 0.15) is 0 Å². The van der Waals surface area contributed by atoms with Gasteiger partial charge in [0.25, 0.3) is 0 Å². The van der Waals surface area contributed by atoms with Crippen molar-refractivity contribution in [2.75, 3.05) is 40.3 Å². The average molecular weight is 202 g/mol. The van der Waals surface area contributed by atoms with E-state index in [0.29, 0.717) is 0 Å². The third-order valence-electron chi connectivity index (χ3n) is 2.27. The minimum absolute atomic E-state index is 0.172. The molecule has 86 valence electrons. The highest BCUT2D eigenvalue weighted by Gasteiger charge is 2.05. The molecule has 3 heteroatoms. The Morgan fingerprint density at radius 1 is 1.07 bits per heavy atom. The molecule has 0 aromatic rings. The van der Waals surface area contributed by atoms with E-state index in [1.54, 1.807) is 0 Å². The van der Waals surface area contributed by atoms with Crippen LogP contribution in [0.15, 0.2) is 0 Å². The summed E-state index contributed by atoms with van der Waals surface area (Å²) < 4.78 is 0. The van der Waals surface area contributed by atoms with Crippen molar-refractivity contribution in [2.45, 2.75) is 32.8 Å². The predicted molar refractivity (Wildman–Crippen MR) is 61.6 cm³/mol. The fraction of sp³-hybridized carbons (Fsp3) is 1.00. The average Bonchev–Trinajstić information content (AvgIpc) is 2.09. The predicted octanol–water partition coefficient (Wildman–Crippen LogP) is 1.03. The Hall–Kier alpha value is -0.120. The molecular formula is C11H26N2O. The zero-order chi connectivity index (χ0) is 11.0. The van der Waals surface area contributed by atoms with Crippen LogP contribution in [0, 0.1) is 0 Å². The zero-order valence-electron chi connectivity index (χ0n) is 10.2. The Balaban J connectivity index is 3.65. The normalized spacial score (nSPS) is 13.9. The maximum atomic E-state index is 9.21. The summed E-state index contributed by atoms with van der Waals surface area (Å²) in [5.41, 5.74) is 0. The van der Waals surface area contributed by atoms with Crippen LogP contribution in [0.5, 0.6) is 0 Å². The number of hydrogen-bond donors (Lipinski definition) is 1. The number of nitrogens with zero attached hydrogens (tertiary/aromatic N) is 2. The van der Waals surface area contributed by atoms with Crippen LogP contribution >= 0.6 is 0 Å². The van der Waals surface area contributed by atoms with Gasteiger partial charge in [-0.05, 0) is 40.4 Å². The SMILES string of the molecule is CCCN(CCC(C)O)CCN(C)C. The van der Waals surface area contributed by atoms with Gasteiger partial charge >= 0.3 is 0 Å². The van der Waals surface area contributed by atoms with Crippen LogP contribution < -0.4 is 0 Å². The lowest BCUT2D eigenvalue weighted by Crippen LogP contribution is -2.34. The first-order chi connectivity index (χ1) is 6.56. The summed E-state index contributed by atoms with van der Waals surface area (Å²) in [6.07, 6.45) is 1.90. The molecule has 0 aliphatic rings. The second kappa shape index (κ2) is 8.21. The molecule has 0 spiro atoms. The van der Waals surface area contributed by atoms with Crippen molar-refractivity contribution in [1.82, 2.24) is 9.80 Å². The molecular weight excluding hydrogens is 176 g/mol. The summed E-state index contributed by atoms with van der Waals surface area (Å²) in [6.45, 7) is 8.41. The van der Waals surface area contributed by atoms with Gasteiger partial charge < -0.3 is 14.9 Å². The number of hydrogen-bond acceptors (Lipinski definition) is 3. The van der Waals surface area contributed by atoms with Gasteiger partial charge in [0.2, 0.25) is 0 Å². The Labute approximate surface area is 88.7 Å². The summed E-state index contributed by atoms with van der Waals surface area (Å²) >= 11 is 0.